The minimum absolute atomic E-state index is 0.0253. The van der Waals surface area contributed by atoms with Gasteiger partial charge in [0.1, 0.15) is 0 Å². The molecule has 0 saturated carbocycles. The topological polar surface area (TPSA) is 72.7 Å². The van der Waals surface area contributed by atoms with Crippen LogP contribution in [0.1, 0.15) is 31.4 Å². The van der Waals surface area contributed by atoms with Gasteiger partial charge in [-0.3, -0.25) is 9.67 Å². The quantitative estimate of drug-likeness (QED) is 0.295. The summed E-state index contributed by atoms with van der Waals surface area (Å²) in [6.07, 6.45) is 5.97. The number of unbranched alkanes of at least 4 members (excludes halogenated alkanes) is 1. The first-order valence-electron chi connectivity index (χ1n) is 10.1. The molecule has 0 fully saturated rings. The summed E-state index contributed by atoms with van der Waals surface area (Å²) in [4.78, 5) is 4.28. The van der Waals surface area contributed by atoms with Gasteiger partial charge in [-0.1, -0.05) is 37.1 Å². The van der Waals surface area contributed by atoms with Crippen LogP contribution >= 0.6 is 11.6 Å². The molecule has 160 valence electrons. The summed E-state index contributed by atoms with van der Waals surface area (Å²) in [5.41, 5.74) is 1.12. The molecule has 7 nitrogen and oxygen atoms in total. The third kappa shape index (κ3) is 8.85. The van der Waals surface area contributed by atoms with Crippen LogP contribution in [0.3, 0.4) is 0 Å². The van der Waals surface area contributed by atoms with Gasteiger partial charge in [0.25, 0.3) is 0 Å². The van der Waals surface area contributed by atoms with Crippen molar-refractivity contribution in [1.82, 2.24) is 20.4 Å². The van der Waals surface area contributed by atoms with E-state index in [2.05, 4.69) is 27.6 Å². The maximum absolute atomic E-state index is 6.03. The Morgan fingerprint density at radius 1 is 1.14 bits per heavy atom. The Balaban J connectivity index is 1.74. The number of nitrogens with zero attached hydrogens (tertiary/aromatic N) is 3. The van der Waals surface area contributed by atoms with Gasteiger partial charge < -0.3 is 20.1 Å². The van der Waals surface area contributed by atoms with Gasteiger partial charge in [0.15, 0.2) is 5.96 Å². The molecule has 0 radical (unpaired) electrons. The normalized spacial score (nSPS) is 12.7. The van der Waals surface area contributed by atoms with Crippen LogP contribution in [0.2, 0.25) is 5.02 Å². The molecule has 0 aliphatic heterocycles. The Labute approximate surface area is 178 Å². The van der Waals surface area contributed by atoms with E-state index in [4.69, 9.17) is 21.1 Å². The maximum Gasteiger partial charge on any atom is 0.191 e. The number of rotatable bonds is 13. The number of hydrogen-bond acceptors (Lipinski definition) is 4. The lowest BCUT2D eigenvalue weighted by Gasteiger charge is -2.20. The molecule has 0 aliphatic rings. The monoisotopic (exact) mass is 421 g/mol. The van der Waals surface area contributed by atoms with Crippen LogP contribution in [0.4, 0.5) is 0 Å². The average molecular weight is 422 g/mol. The summed E-state index contributed by atoms with van der Waals surface area (Å²) in [5, 5.41) is 11.7. The number of ether oxygens (including phenoxy) is 2. The Morgan fingerprint density at radius 3 is 2.55 bits per heavy atom. The first kappa shape index (κ1) is 23.2. The standard InChI is InChI=1S/C21H32ClN5O2/c1-3-4-13-28-15-16-29-14-11-24-21(23-2)25-17-20(27-12-5-10-26-27)18-6-8-19(22)9-7-18/h5-10,12,20H,3-4,11,13-17H2,1-2H3,(H2,23,24,25). The van der Waals surface area contributed by atoms with Crippen LogP contribution in [-0.4, -0.2) is 62.3 Å². The highest BCUT2D eigenvalue weighted by molar-refractivity contribution is 6.30. The molecule has 2 N–H and O–H groups in total. The molecular formula is C21H32ClN5O2. The largest absolute Gasteiger partial charge is 0.379 e. The lowest BCUT2D eigenvalue weighted by Crippen LogP contribution is -2.41. The van der Waals surface area contributed by atoms with Crippen molar-refractivity contribution < 1.29 is 9.47 Å². The lowest BCUT2D eigenvalue weighted by molar-refractivity contribution is 0.0487. The number of guanidine groups is 1. The van der Waals surface area contributed by atoms with E-state index in [0.29, 0.717) is 37.9 Å². The fourth-order valence-corrected chi connectivity index (χ4v) is 2.86. The predicted octanol–water partition coefficient (Wildman–Crippen LogP) is 3.12. The predicted molar refractivity (Wildman–Crippen MR) is 118 cm³/mol. The molecule has 2 rings (SSSR count). The van der Waals surface area contributed by atoms with E-state index in [1.807, 2.05) is 41.2 Å². The number of aromatic nitrogens is 2. The molecule has 0 spiro atoms. The van der Waals surface area contributed by atoms with Crippen molar-refractivity contribution in [2.24, 2.45) is 4.99 Å². The van der Waals surface area contributed by atoms with Gasteiger partial charge in [-0.05, 0) is 30.2 Å². The Morgan fingerprint density at radius 2 is 1.90 bits per heavy atom. The third-order valence-electron chi connectivity index (χ3n) is 4.34. The smallest absolute Gasteiger partial charge is 0.191 e. The fourth-order valence-electron chi connectivity index (χ4n) is 2.74. The summed E-state index contributed by atoms with van der Waals surface area (Å²) in [5.74, 6) is 0.721. The number of benzene rings is 1. The Bertz CT molecular complexity index is 692. The lowest BCUT2D eigenvalue weighted by atomic mass is 10.1. The number of halogens is 1. The molecule has 2 aromatic rings. The zero-order valence-electron chi connectivity index (χ0n) is 17.3. The van der Waals surface area contributed by atoms with Gasteiger partial charge in [-0.15, -0.1) is 0 Å². The summed E-state index contributed by atoms with van der Waals surface area (Å²) < 4.78 is 13.0. The van der Waals surface area contributed by atoms with Gasteiger partial charge >= 0.3 is 0 Å². The average Bonchev–Trinajstić information content (AvgIpc) is 3.27. The van der Waals surface area contributed by atoms with E-state index in [1.165, 1.54) is 0 Å². The van der Waals surface area contributed by atoms with E-state index < -0.39 is 0 Å². The van der Waals surface area contributed by atoms with Crippen LogP contribution in [0, 0.1) is 0 Å². The molecule has 0 amide bonds. The molecule has 1 aromatic carbocycles. The van der Waals surface area contributed by atoms with Crippen molar-refractivity contribution in [2.75, 3.05) is 46.6 Å². The highest BCUT2D eigenvalue weighted by Crippen LogP contribution is 2.19. The van der Waals surface area contributed by atoms with Crippen LogP contribution in [0.25, 0.3) is 0 Å². The first-order valence-corrected chi connectivity index (χ1v) is 10.5. The number of hydrogen-bond donors (Lipinski definition) is 2. The van der Waals surface area contributed by atoms with Crippen molar-refractivity contribution in [2.45, 2.75) is 25.8 Å². The summed E-state index contributed by atoms with van der Waals surface area (Å²) >= 11 is 6.03. The Kier molecular flexibility index (Phi) is 11.2. The van der Waals surface area contributed by atoms with Gasteiger partial charge in [-0.2, -0.15) is 5.10 Å². The van der Waals surface area contributed by atoms with Crippen LogP contribution in [-0.2, 0) is 9.47 Å². The minimum atomic E-state index is 0.0253. The molecule has 0 aliphatic carbocycles. The second kappa shape index (κ2) is 14.0. The highest BCUT2D eigenvalue weighted by atomic mass is 35.5. The van der Waals surface area contributed by atoms with Crippen LogP contribution < -0.4 is 10.6 Å². The second-order valence-corrected chi connectivity index (χ2v) is 6.95. The van der Waals surface area contributed by atoms with Gasteiger partial charge in [0, 0.05) is 44.2 Å². The molecule has 1 unspecified atom stereocenters. The summed E-state index contributed by atoms with van der Waals surface area (Å²) in [6.45, 7) is 6.10. The third-order valence-corrected chi connectivity index (χ3v) is 4.59. The minimum Gasteiger partial charge on any atom is -0.379 e. The van der Waals surface area contributed by atoms with Crippen molar-refractivity contribution >= 4 is 17.6 Å². The van der Waals surface area contributed by atoms with Gasteiger partial charge in [0.2, 0.25) is 0 Å². The molecule has 0 bridgehead atoms. The van der Waals surface area contributed by atoms with E-state index >= 15 is 0 Å². The number of nitrogens with one attached hydrogen (secondary N) is 2. The van der Waals surface area contributed by atoms with Crippen molar-refractivity contribution in [3.8, 4) is 0 Å². The molecule has 8 heteroatoms. The molecule has 1 atom stereocenters. The molecule has 1 aromatic heterocycles. The summed E-state index contributed by atoms with van der Waals surface area (Å²) in [7, 11) is 1.75. The van der Waals surface area contributed by atoms with Crippen LogP contribution in [0.15, 0.2) is 47.7 Å². The van der Waals surface area contributed by atoms with Gasteiger partial charge in [-0.25, -0.2) is 0 Å². The van der Waals surface area contributed by atoms with Gasteiger partial charge in [0.05, 0.1) is 25.9 Å². The zero-order chi connectivity index (χ0) is 20.7. The fraction of sp³-hybridized carbons (Fsp3) is 0.524. The maximum atomic E-state index is 6.03. The molecule has 1 heterocycles. The molecule has 29 heavy (non-hydrogen) atoms. The van der Waals surface area contributed by atoms with E-state index in [0.717, 1.165) is 31.0 Å². The van der Waals surface area contributed by atoms with Crippen molar-refractivity contribution in [3.63, 3.8) is 0 Å². The van der Waals surface area contributed by atoms with Crippen LogP contribution in [0.5, 0.6) is 0 Å². The molecule has 0 saturated heterocycles. The second-order valence-electron chi connectivity index (χ2n) is 6.51. The van der Waals surface area contributed by atoms with Crippen molar-refractivity contribution in [1.29, 1.82) is 0 Å². The summed E-state index contributed by atoms with van der Waals surface area (Å²) in [6, 6.07) is 9.76. The van der Waals surface area contributed by atoms with E-state index in [1.54, 1.807) is 13.2 Å². The van der Waals surface area contributed by atoms with Crippen molar-refractivity contribution in [3.05, 3.63) is 53.3 Å². The highest BCUT2D eigenvalue weighted by Gasteiger charge is 2.14. The first-order chi connectivity index (χ1) is 14.2. The molecular weight excluding hydrogens is 390 g/mol. The zero-order valence-corrected chi connectivity index (χ0v) is 18.1. The van der Waals surface area contributed by atoms with E-state index in [9.17, 15) is 0 Å². The SMILES string of the molecule is CCCCOCCOCCNC(=NC)NCC(c1ccc(Cl)cc1)n1cccn1. The number of aliphatic imine (C=N–C) groups is 1. The van der Waals surface area contributed by atoms with E-state index in [-0.39, 0.29) is 6.04 Å². The Hall–Kier alpha value is -2.09.